The Bertz CT molecular complexity index is 3720. The van der Waals surface area contributed by atoms with Crippen molar-refractivity contribution in [2.45, 2.75) is 12.8 Å². The van der Waals surface area contributed by atoms with E-state index in [-0.39, 0.29) is 0 Å². The van der Waals surface area contributed by atoms with Crippen LogP contribution in [0.2, 0.25) is 0 Å². The molecule has 0 heteroatoms. The number of fused-ring (bicyclic) bond motifs is 6. The molecule has 0 atom stereocenters. The van der Waals surface area contributed by atoms with Crippen molar-refractivity contribution in [3.8, 4) is 77.9 Å². The molecule has 11 aromatic rings. The van der Waals surface area contributed by atoms with Crippen molar-refractivity contribution in [3.63, 3.8) is 0 Å². The molecule has 0 aliphatic heterocycles. The normalized spacial score (nSPS) is 12.9. The zero-order chi connectivity index (χ0) is 42.1. The van der Waals surface area contributed by atoms with Crippen molar-refractivity contribution in [1.82, 2.24) is 0 Å². The standard InChI is InChI=1S/C64H42/c1-6-21-41(22-7-1)54-39-56-57(59(43-25-10-3-11-26-43)49-32-17-16-31-48(49)58(56)42-23-8-2-9-24-42)40-55(54)46-37-38-53-62-47(46)35-20-36-52(62)63-60(44-27-12-4-13-28-44)50-33-18-19-34-51(50)61(64(53)63)45-29-14-5-15-30-45/h1-4,6-14,16-40H,5,15H2. The van der Waals surface area contributed by atoms with Crippen molar-refractivity contribution >= 4 is 48.7 Å². The van der Waals surface area contributed by atoms with Gasteiger partial charge >= 0.3 is 0 Å². The van der Waals surface area contributed by atoms with Crippen LogP contribution in [0.15, 0.2) is 231 Å². The van der Waals surface area contributed by atoms with E-state index in [2.05, 4.69) is 231 Å². The van der Waals surface area contributed by atoms with Crippen molar-refractivity contribution in [2.24, 2.45) is 0 Å². The van der Waals surface area contributed by atoms with Crippen LogP contribution < -0.4 is 0 Å². The molecule has 0 radical (unpaired) electrons. The molecular weight excluding hydrogens is 769 g/mol. The van der Waals surface area contributed by atoms with Crippen LogP contribution in [0, 0.1) is 0 Å². The van der Waals surface area contributed by atoms with E-state index >= 15 is 0 Å². The lowest BCUT2D eigenvalue weighted by Gasteiger charge is -2.22. The van der Waals surface area contributed by atoms with Crippen molar-refractivity contribution in [2.75, 3.05) is 0 Å². The van der Waals surface area contributed by atoms with Gasteiger partial charge in [0.05, 0.1) is 0 Å². The number of allylic oxidation sites excluding steroid dienone is 4. The highest BCUT2D eigenvalue weighted by Gasteiger charge is 2.32. The third-order valence-corrected chi connectivity index (χ3v) is 13.8. The maximum atomic E-state index is 2.53. The first-order valence-corrected chi connectivity index (χ1v) is 22.6. The Kier molecular flexibility index (Phi) is 8.46. The van der Waals surface area contributed by atoms with E-state index < -0.39 is 0 Å². The lowest BCUT2D eigenvalue weighted by Crippen LogP contribution is -1.97. The predicted octanol–water partition coefficient (Wildman–Crippen LogP) is 18.0. The maximum absolute atomic E-state index is 2.53. The molecule has 0 unspecified atom stereocenters. The largest absolute Gasteiger partial charge is 0.0836 e. The molecular formula is C64H42. The van der Waals surface area contributed by atoms with E-state index in [1.807, 2.05) is 0 Å². The molecule has 0 spiro atoms. The fraction of sp³-hybridized carbons (Fsp3) is 0.0312. The van der Waals surface area contributed by atoms with Crippen LogP contribution in [0.5, 0.6) is 0 Å². The van der Waals surface area contributed by atoms with E-state index in [9.17, 15) is 0 Å². The average molecular weight is 811 g/mol. The van der Waals surface area contributed by atoms with Gasteiger partial charge in [-0.25, -0.2) is 0 Å². The second kappa shape index (κ2) is 14.8. The number of hydrogen-bond acceptors (Lipinski definition) is 0. The second-order valence-corrected chi connectivity index (χ2v) is 17.3. The zero-order valence-electron chi connectivity index (χ0n) is 35.4. The van der Waals surface area contributed by atoms with Crippen LogP contribution in [0.3, 0.4) is 0 Å². The van der Waals surface area contributed by atoms with E-state index in [0.29, 0.717) is 0 Å². The smallest absolute Gasteiger partial charge is 0.000741 e. The lowest BCUT2D eigenvalue weighted by molar-refractivity contribution is 1.04. The quantitative estimate of drug-likeness (QED) is 0.147. The maximum Gasteiger partial charge on any atom is -0.000741 e. The minimum absolute atomic E-state index is 1.05. The van der Waals surface area contributed by atoms with Gasteiger partial charge in [0.1, 0.15) is 0 Å². The fourth-order valence-corrected chi connectivity index (χ4v) is 11.2. The molecule has 64 heavy (non-hydrogen) atoms. The average Bonchev–Trinajstić information content (AvgIpc) is 3.70. The minimum atomic E-state index is 1.05. The van der Waals surface area contributed by atoms with Crippen molar-refractivity contribution < 1.29 is 0 Å². The van der Waals surface area contributed by atoms with Crippen LogP contribution in [0.1, 0.15) is 18.4 Å². The lowest BCUT2D eigenvalue weighted by atomic mass is 9.81. The summed E-state index contributed by atoms with van der Waals surface area (Å²) >= 11 is 0. The van der Waals surface area contributed by atoms with E-state index in [0.717, 1.165) is 12.8 Å². The summed E-state index contributed by atoms with van der Waals surface area (Å²) in [4.78, 5) is 0. The van der Waals surface area contributed by atoms with Gasteiger partial charge in [0.15, 0.2) is 0 Å². The topological polar surface area (TPSA) is 0 Å². The third kappa shape index (κ3) is 5.56. The van der Waals surface area contributed by atoms with E-state index in [1.54, 1.807) is 0 Å². The highest BCUT2D eigenvalue weighted by atomic mass is 14.3. The first-order chi connectivity index (χ1) is 31.8. The van der Waals surface area contributed by atoms with Crippen molar-refractivity contribution in [3.05, 3.63) is 236 Å². The Balaban J connectivity index is 1.17. The van der Waals surface area contributed by atoms with Crippen LogP contribution in [-0.4, -0.2) is 0 Å². The van der Waals surface area contributed by atoms with Gasteiger partial charge in [0.2, 0.25) is 0 Å². The summed E-state index contributed by atoms with van der Waals surface area (Å²) < 4.78 is 0. The number of rotatable bonds is 6. The van der Waals surface area contributed by atoms with Gasteiger partial charge in [-0.15, -0.1) is 0 Å². The monoisotopic (exact) mass is 810 g/mol. The van der Waals surface area contributed by atoms with Crippen LogP contribution >= 0.6 is 0 Å². The Morgan fingerprint density at radius 3 is 1.25 bits per heavy atom. The molecule has 0 saturated heterocycles. The summed E-state index contributed by atoms with van der Waals surface area (Å²) in [5, 5.41) is 10.2. The SMILES string of the molecule is C1=CC(c2c3c(c(-c4ccccc4)c4ccccc24)-c2cccc4c(-c5cc6c(-c7ccccc7)c7ccccc7c(-c7ccccc7)c6cc5-c5ccccc5)ccc-3c24)=CCC1. The van der Waals surface area contributed by atoms with Gasteiger partial charge in [-0.05, 0) is 157 Å². The second-order valence-electron chi connectivity index (χ2n) is 17.3. The molecule has 0 aromatic heterocycles. The fourth-order valence-electron chi connectivity index (χ4n) is 11.2. The number of benzene rings is 11. The van der Waals surface area contributed by atoms with Gasteiger partial charge in [-0.3, -0.25) is 0 Å². The van der Waals surface area contributed by atoms with Gasteiger partial charge in [0, 0.05) is 0 Å². The molecule has 298 valence electrons. The Morgan fingerprint density at radius 2 is 0.688 bits per heavy atom. The first kappa shape index (κ1) is 36.6. The van der Waals surface area contributed by atoms with Gasteiger partial charge in [-0.1, -0.05) is 218 Å². The summed E-state index contributed by atoms with van der Waals surface area (Å²) in [7, 11) is 0. The molecule has 0 nitrogen and oxygen atoms in total. The molecule has 0 N–H and O–H groups in total. The molecule has 0 bridgehead atoms. The summed E-state index contributed by atoms with van der Waals surface area (Å²) in [5.41, 5.74) is 20.4. The van der Waals surface area contributed by atoms with E-state index in [1.165, 1.54) is 132 Å². The third-order valence-electron chi connectivity index (χ3n) is 13.8. The summed E-state index contributed by atoms with van der Waals surface area (Å²) in [5.74, 6) is 0. The molecule has 2 aliphatic carbocycles. The Hall–Kier alpha value is -8.06. The van der Waals surface area contributed by atoms with Crippen LogP contribution in [-0.2, 0) is 0 Å². The zero-order valence-corrected chi connectivity index (χ0v) is 35.4. The highest BCUT2D eigenvalue weighted by Crippen LogP contribution is 2.58. The molecule has 0 fully saturated rings. The molecule has 0 heterocycles. The molecule has 0 saturated carbocycles. The Morgan fingerprint density at radius 1 is 0.250 bits per heavy atom. The first-order valence-electron chi connectivity index (χ1n) is 22.6. The predicted molar refractivity (Wildman–Crippen MR) is 274 cm³/mol. The van der Waals surface area contributed by atoms with Gasteiger partial charge < -0.3 is 0 Å². The van der Waals surface area contributed by atoms with Crippen molar-refractivity contribution in [1.29, 1.82) is 0 Å². The summed E-state index contributed by atoms with van der Waals surface area (Å²) in [6.07, 6.45) is 9.30. The Labute approximate surface area is 373 Å². The van der Waals surface area contributed by atoms with E-state index in [4.69, 9.17) is 0 Å². The molecule has 0 amide bonds. The number of hydrogen-bond donors (Lipinski definition) is 0. The molecule has 13 rings (SSSR count). The highest BCUT2D eigenvalue weighted by molar-refractivity contribution is 6.29. The van der Waals surface area contributed by atoms with Crippen LogP contribution in [0.25, 0.3) is 127 Å². The summed E-state index contributed by atoms with van der Waals surface area (Å²) in [6, 6.07) is 79.1. The minimum Gasteiger partial charge on any atom is -0.0836 e. The van der Waals surface area contributed by atoms with Gasteiger partial charge in [-0.2, -0.15) is 0 Å². The van der Waals surface area contributed by atoms with Crippen LogP contribution in [0.4, 0.5) is 0 Å². The van der Waals surface area contributed by atoms with Gasteiger partial charge in [0.25, 0.3) is 0 Å². The molecule has 11 aromatic carbocycles. The molecule has 2 aliphatic rings. The summed E-state index contributed by atoms with van der Waals surface area (Å²) in [6.45, 7) is 0.